The van der Waals surface area contributed by atoms with Gasteiger partial charge < -0.3 is 11.1 Å². The van der Waals surface area contributed by atoms with Crippen LogP contribution in [0.2, 0.25) is 0 Å². The monoisotopic (exact) mass is 281 g/mol. The van der Waals surface area contributed by atoms with Gasteiger partial charge in [0.1, 0.15) is 6.54 Å². The predicted molar refractivity (Wildman–Crippen MR) is 67.6 cm³/mol. The first-order chi connectivity index (χ1) is 9.45. The first-order valence-electron chi connectivity index (χ1n) is 5.86. The van der Waals surface area contributed by atoms with Gasteiger partial charge in [0.2, 0.25) is 5.91 Å². The summed E-state index contributed by atoms with van der Waals surface area (Å²) in [6, 6.07) is 2.83. The van der Waals surface area contributed by atoms with E-state index in [9.17, 15) is 13.6 Å². The molecule has 0 aliphatic carbocycles. The summed E-state index contributed by atoms with van der Waals surface area (Å²) in [6.07, 6.45) is 1.55. The van der Waals surface area contributed by atoms with Crippen molar-refractivity contribution < 1.29 is 13.6 Å². The second-order valence-corrected chi connectivity index (χ2v) is 4.31. The zero-order valence-electron chi connectivity index (χ0n) is 10.7. The number of nitrogens with two attached hydrogens (primary N) is 1. The number of aromatic nitrogens is 3. The van der Waals surface area contributed by atoms with Crippen LogP contribution in [-0.2, 0) is 11.3 Å². The highest BCUT2D eigenvalue weighted by Gasteiger charge is 2.10. The van der Waals surface area contributed by atoms with Crippen molar-refractivity contribution in [3.8, 4) is 0 Å². The molecule has 0 radical (unpaired) electrons. The Hall–Kier alpha value is -2.35. The zero-order valence-corrected chi connectivity index (χ0v) is 10.7. The average Bonchev–Trinajstić information content (AvgIpc) is 2.82. The minimum absolute atomic E-state index is 0.0985. The lowest BCUT2D eigenvalue weighted by Crippen LogP contribution is -2.19. The average molecular weight is 281 g/mol. The van der Waals surface area contributed by atoms with Crippen LogP contribution in [0.3, 0.4) is 0 Å². The van der Waals surface area contributed by atoms with Crippen LogP contribution in [0, 0.1) is 11.6 Å². The SMILES string of the molecule is CC(N)c1cn(CC(=O)Nc2ccc(F)c(F)c2)nn1. The zero-order chi connectivity index (χ0) is 14.7. The fraction of sp³-hybridized carbons (Fsp3) is 0.250. The number of carbonyl (C=O) groups excluding carboxylic acids is 1. The molecular weight excluding hydrogens is 268 g/mol. The second-order valence-electron chi connectivity index (χ2n) is 4.31. The lowest BCUT2D eigenvalue weighted by molar-refractivity contribution is -0.116. The van der Waals surface area contributed by atoms with E-state index < -0.39 is 17.5 Å². The maximum atomic E-state index is 13.0. The van der Waals surface area contributed by atoms with Crippen LogP contribution in [0.5, 0.6) is 0 Å². The van der Waals surface area contributed by atoms with Gasteiger partial charge in [0, 0.05) is 17.8 Å². The number of rotatable bonds is 4. The van der Waals surface area contributed by atoms with Crippen molar-refractivity contribution in [2.75, 3.05) is 5.32 Å². The second kappa shape index (κ2) is 5.74. The number of halogens is 2. The highest BCUT2D eigenvalue weighted by Crippen LogP contribution is 2.13. The van der Waals surface area contributed by atoms with E-state index in [-0.39, 0.29) is 18.3 Å². The van der Waals surface area contributed by atoms with Gasteiger partial charge in [-0.1, -0.05) is 5.21 Å². The number of hydrogen-bond donors (Lipinski definition) is 2. The fourth-order valence-electron chi connectivity index (χ4n) is 1.52. The molecule has 2 aromatic rings. The van der Waals surface area contributed by atoms with E-state index in [0.29, 0.717) is 5.69 Å². The summed E-state index contributed by atoms with van der Waals surface area (Å²) >= 11 is 0. The van der Waals surface area contributed by atoms with Crippen molar-refractivity contribution in [2.45, 2.75) is 19.5 Å². The van der Waals surface area contributed by atoms with Crippen LogP contribution in [0.4, 0.5) is 14.5 Å². The third kappa shape index (κ3) is 3.35. The molecule has 0 spiro atoms. The normalized spacial score (nSPS) is 12.2. The molecule has 1 aromatic carbocycles. The number of anilines is 1. The van der Waals surface area contributed by atoms with Crippen molar-refractivity contribution in [3.05, 3.63) is 41.7 Å². The molecular formula is C12H13F2N5O. The maximum Gasteiger partial charge on any atom is 0.246 e. The Bertz CT molecular complexity index is 626. The van der Waals surface area contributed by atoms with Crippen LogP contribution < -0.4 is 11.1 Å². The van der Waals surface area contributed by atoms with Crippen LogP contribution in [0.25, 0.3) is 0 Å². The molecule has 20 heavy (non-hydrogen) atoms. The summed E-state index contributed by atoms with van der Waals surface area (Å²) in [5.74, 6) is -2.43. The molecule has 0 fully saturated rings. The Morgan fingerprint density at radius 1 is 1.45 bits per heavy atom. The molecule has 0 saturated heterocycles. The van der Waals surface area contributed by atoms with E-state index in [1.165, 1.54) is 10.7 Å². The minimum Gasteiger partial charge on any atom is -0.324 e. The molecule has 1 aromatic heterocycles. The van der Waals surface area contributed by atoms with Gasteiger partial charge >= 0.3 is 0 Å². The van der Waals surface area contributed by atoms with Gasteiger partial charge in [0.05, 0.1) is 11.9 Å². The molecule has 1 unspecified atom stereocenters. The minimum atomic E-state index is -1.03. The maximum absolute atomic E-state index is 13.0. The summed E-state index contributed by atoms with van der Waals surface area (Å²) in [4.78, 5) is 11.7. The van der Waals surface area contributed by atoms with Gasteiger partial charge in [0.25, 0.3) is 0 Å². The summed E-state index contributed by atoms with van der Waals surface area (Å²) in [6.45, 7) is 1.65. The van der Waals surface area contributed by atoms with Crippen LogP contribution >= 0.6 is 0 Å². The van der Waals surface area contributed by atoms with Gasteiger partial charge in [-0.2, -0.15) is 0 Å². The lowest BCUT2D eigenvalue weighted by atomic mass is 10.3. The Morgan fingerprint density at radius 2 is 2.20 bits per heavy atom. The van der Waals surface area contributed by atoms with Crippen molar-refractivity contribution in [3.63, 3.8) is 0 Å². The van der Waals surface area contributed by atoms with Gasteiger partial charge in [-0.05, 0) is 19.1 Å². The third-order valence-electron chi connectivity index (χ3n) is 2.53. The van der Waals surface area contributed by atoms with Crippen LogP contribution in [-0.4, -0.2) is 20.9 Å². The van der Waals surface area contributed by atoms with E-state index >= 15 is 0 Å². The summed E-state index contributed by atoms with van der Waals surface area (Å²) in [5, 5.41) is 9.97. The molecule has 3 N–H and O–H groups in total. The number of hydrogen-bond acceptors (Lipinski definition) is 4. The number of nitrogens with one attached hydrogen (secondary N) is 1. The Labute approximate surface area is 113 Å². The number of carbonyl (C=O) groups is 1. The Balaban J connectivity index is 1.99. The molecule has 0 aliphatic heterocycles. The predicted octanol–water partition coefficient (Wildman–Crippen LogP) is 1.21. The highest BCUT2D eigenvalue weighted by atomic mass is 19.2. The molecule has 8 heteroatoms. The fourth-order valence-corrected chi connectivity index (χ4v) is 1.52. The molecule has 0 aliphatic rings. The van der Waals surface area contributed by atoms with Crippen LogP contribution in [0.15, 0.2) is 24.4 Å². The number of amides is 1. The Kier molecular flexibility index (Phi) is 4.04. The van der Waals surface area contributed by atoms with Gasteiger partial charge in [-0.15, -0.1) is 5.10 Å². The largest absolute Gasteiger partial charge is 0.324 e. The molecule has 106 valence electrons. The summed E-state index contributed by atoms with van der Waals surface area (Å²) in [5.41, 5.74) is 6.35. The van der Waals surface area contributed by atoms with E-state index in [1.807, 2.05) is 0 Å². The van der Waals surface area contributed by atoms with Gasteiger partial charge in [-0.3, -0.25) is 4.79 Å². The van der Waals surface area contributed by atoms with Gasteiger partial charge in [-0.25, -0.2) is 13.5 Å². The number of benzene rings is 1. The molecule has 6 nitrogen and oxygen atoms in total. The van der Waals surface area contributed by atoms with Crippen molar-refractivity contribution >= 4 is 11.6 Å². The highest BCUT2D eigenvalue weighted by molar-refractivity contribution is 5.90. The Morgan fingerprint density at radius 3 is 2.80 bits per heavy atom. The van der Waals surface area contributed by atoms with Crippen molar-refractivity contribution in [1.82, 2.24) is 15.0 Å². The first kappa shape index (κ1) is 14.1. The van der Waals surface area contributed by atoms with Gasteiger partial charge in [0.15, 0.2) is 11.6 Å². The third-order valence-corrected chi connectivity index (χ3v) is 2.53. The summed E-state index contributed by atoms with van der Waals surface area (Å²) < 4.78 is 27.0. The van der Waals surface area contributed by atoms with E-state index in [0.717, 1.165) is 12.1 Å². The van der Waals surface area contributed by atoms with E-state index in [1.54, 1.807) is 13.1 Å². The first-order valence-corrected chi connectivity index (χ1v) is 5.86. The van der Waals surface area contributed by atoms with E-state index in [4.69, 9.17) is 5.73 Å². The van der Waals surface area contributed by atoms with Crippen LogP contribution in [0.1, 0.15) is 18.7 Å². The molecule has 0 saturated carbocycles. The summed E-state index contributed by atoms with van der Waals surface area (Å²) in [7, 11) is 0. The molecule has 2 rings (SSSR count). The number of nitrogens with zero attached hydrogens (tertiary/aromatic N) is 3. The van der Waals surface area contributed by atoms with Crippen molar-refractivity contribution in [1.29, 1.82) is 0 Å². The van der Waals surface area contributed by atoms with E-state index in [2.05, 4.69) is 15.6 Å². The lowest BCUT2D eigenvalue weighted by Gasteiger charge is -2.05. The molecule has 1 atom stereocenters. The molecule has 1 heterocycles. The molecule has 1 amide bonds. The van der Waals surface area contributed by atoms with Crippen molar-refractivity contribution in [2.24, 2.45) is 5.73 Å². The standard InChI is InChI=1S/C12H13F2N5O/c1-7(15)11-5-19(18-17-11)6-12(20)16-8-2-3-9(13)10(14)4-8/h2-5,7H,6,15H2,1H3,(H,16,20). The topological polar surface area (TPSA) is 85.8 Å². The smallest absolute Gasteiger partial charge is 0.246 e. The molecule has 0 bridgehead atoms. The quantitative estimate of drug-likeness (QED) is 0.882.